The molecule has 6 heteroatoms. The van der Waals surface area contributed by atoms with Crippen LogP contribution in [0.4, 0.5) is 5.82 Å². The molecule has 1 rings (SSSR count). The van der Waals surface area contributed by atoms with Crippen molar-refractivity contribution < 1.29 is 9.53 Å². The molecule has 0 aliphatic rings. The molecule has 5 nitrogen and oxygen atoms in total. The van der Waals surface area contributed by atoms with E-state index >= 15 is 0 Å². The number of rotatable bonds is 5. The number of carbonyl (C=O) groups excluding carboxylic acids is 1. The highest BCUT2D eigenvalue weighted by atomic mass is 32.2. The van der Waals surface area contributed by atoms with Crippen molar-refractivity contribution in [3.63, 3.8) is 0 Å². The van der Waals surface area contributed by atoms with Crippen LogP contribution in [0.25, 0.3) is 0 Å². The zero-order valence-corrected chi connectivity index (χ0v) is 13.8. The van der Waals surface area contributed by atoms with Gasteiger partial charge in [-0.15, -0.1) is 0 Å². The van der Waals surface area contributed by atoms with Gasteiger partial charge in [0.05, 0.1) is 6.61 Å². The Morgan fingerprint density at radius 1 is 1.50 bits per heavy atom. The van der Waals surface area contributed by atoms with Gasteiger partial charge in [-0.25, -0.2) is 14.8 Å². The Morgan fingerprint density at radius 3 is 2.65 bits per heavy atom. The van der Waals surface area contributed by atoms with E-state index in [0.29, 0.717) is 23.1 Å². The SMILES string of the molecule is CCOC(=O)c1cnc(SC)nc1NC(C)C(C)(C)C. The molecule has 0 fully saturated rings. The molecule has 1 atom stereocenters. The Morgan fingerprint density at radius 2 is 2.15 bits per heavy atom. The second-order valence-corrected chi connectivity index (χ2v) is 6.34. The Labute approximate surface area is 124 Å². The minimum absolute atomic E-state index is 0.0520. The summed E-state index contributed by atoms with van der Waals surface area (Å²) in [7, 11) is 0. The molecule has 0 bridgehead atoms. The van der Waals surface area contributed by atoms with Gasteiger partial charge in [0.15, 0.2) is 5.16 Å². The number of ether oxygens (including phenoxy) is 1. The lowest BCUT2D eigenvalue weighted by Gasteiger charge is -2.29. The maximum absolute atomic E-state index is 11.9. The zero-order chi connectivity index (χ0) is 15.3. The molecule has 112 valence electrons. The first-order chi connectivity index (χ1) is 9.29. The van der Waals surface area contributed by atoms with Crippen molar-refractivity contribution in [1.82, 2.24) is 9.97 Å². The van der Waals surface area contributed by atoms with Gasteiger partial charge in [-0.1, -0.05) is 32.5 Å². The van der Waals surface area contributed by atoms with Crippen LogP contribution in [0.3, 0.4) is 0 Å². The summed E-state index contributed by atoms with van der Waals surface area (Å²) in [5, 5.41) is 3.93. The van der Waals surface area contributed by atoms with Gasteiger partial charge in [-0.3, -0.25) is 0 Å². The summed E-state index contributed by atoms with van der Waals surface area (Å²) in [6, 6.07) is 0.153. The first kappa shape index (κ1) is 16.8. The standard InChI is InChI=1S/C14H23N3O2S/c1-7-19-12(18)10-8-15-13(20-6)17-11(10)16-9(2)14(3,4)5/h8-9H,7H2,1-6H3,(H,15,16,17). The number of esters is 1. The molecular formula is C14H23N3O2S. The van der Waals surface area contributed by atoms with E-state index in [2.05, 4.69) is 43.0 Å². The van der Waals surface area contributed by atoms with Crippen molar-refractivity contribution in [1.29, 1.82) is 0 Å². The average Bonchev–Trinajstić information content (AvgIpc) is 2.37. The first-order valence-electron chi connectivity index (χ1n) is 6.64. The van der Waals surface area contributed by atoms with Crippen LogP contribution in [-0.2, 0) is 4.74 Å². The topological polar surface area (TPSA) is 64.1 Å². The Kier molecular flexibility index (Phi) is 5.80. The highest BCUT2D eigenvalue weighted by Gasteiger charge is 2.23. The molecule has 0 spiro atoms. The number of nitrogens with zero attached hydrogens (tertiary/aromatic N) is 2. The summed E-state index contributed by atoms with van der Waals surface area (Å²) >= 11 is 1.44. The molecule has 0 saturated carbocycles. The molecule has 0 aliphatic carbocycles. The van der Waals surface area contributed by atoms with Gasteiger partial charge in [-0.2, -0.15) is 0 Å². The van der Waals surface area contributed by atoms with E-state index in [1.54, 1.807) is 6.92 Å². The van der Waals surface area contributed by atoms with Crippen molar-refractivity contribution in [2.75, 3.05) is 18.2 Å². The quantitative estimate of drug-likeness (QED) is 0.511. The average molecular weight is 297 g/mol. The maximum Gasteiger partial charge on any atom is 0.343 e. The molecule has 1 heterocycles. The van der Waals surface area contributed by atoms with Gasteiger partial charge in [-0.05, 0) is 25.5 Å². The van der Waals surface area contributed by atoms with Crippen LogP contribution in [0.5, 0.6) is 0 Å². The molecule has 0 amide bonds. The van der Waals surface area contributed by atoms with Gasteiger partial charge < -0.3 is 10.1 Å². The second kappa shape index (κ2) is 6.92. The van der Waals surface area contributed by atoms with Crippen LogP contribution in [0.1, 0.15) is 45.0 Å². The normalized spacial score (nSPS) is 12.9. The number of nitrogens with one attached hydrogen (secondary N) is 1. The van der Waals surface area contributed by atoms with Crippen molar-refractivity contribution in [3.8, 4) is 0 Å². The highest BCUT2D eigenvalue weighted by molar-refractivity contribution is 7.98. The number of hydrogen-bond acceptors (Lipinski definition) is 6. The Balaban J connectivity index is 3.09. The molecule has 20 heavy (non-hydrogen) atoms. The molecule has 0 aromatic carbocycles. The third-order valence-corrected chi connectivity index (χ3v) is 3.66. The molecular weight excluding hydrogens is 274 g/mol. The summed E-state index contributed by atoms with van der Waals surface area (Å²) in [5.74, 6) is 0.133. The molecule has 0 saturated heterocycles. The summed E-state index contributed by atoms with van der Waals surface area (Å²) in [6.07, 6.45) is 3.42. The smallest absolute Gasteiger partial charge is 0.343 e. The van der Waals surface area contributed by atoms with E-state index in [0.717, 1.165) is 0 Å². The summed E-state index contributed by atoms with van der Waals surface area (Å²) in [4.78, 5) is 20.5. The number of aromatic nitrogens is 2. The van der Waals surface area contributed by atoms with Crippen molar-refractivity contribution >= 4 is 23.5 Å². The third-order valence-electron chi connectivity index (χ3n) is 3.10. The first-order valence-corrected chi connectivity index (χ1v) is 7.86. The lowest BCUT2D eigenvalue weighted by Crippen LogP contribution is -2.32. The Hall–Kier alpha value is -1.30. The van der Waals surface area contributed by atoms with Crippen LogP contribution in [-0.4, -0.2) is 34.8 Å². The van der Waals surface area contributed by atoms with E-state index in [9.17, 15) is 4.79 Å². The summed E-state index contributed by atoms with van der Waals surface area (Å²) < 4.78 is 5.04. The van der Waals surface area contributed by atoms with Gasteiger partial charge in [0, 0.05) is 12.2 Å². The number of thioether (sulfide) groups is 1. The Bertz CT molecular complexity index is 472. The molecule has 1 aromatic heterocycles. The van der Waals surface area contributed by atoms with E-state index in [4.69, 9.17) is 4.74 Å². The molecule has 1 unspecified atom stereocenters. The fraction of sp³-hybridized carbons (Fsp3) is 0.643. The molecule has 0 aliphatic heterocycles. The van der Waals surface area contributed by atoms with Crippen molar-refractivity contribution in [3.05, 3.63) is 11.8 Å². The predicted molar refractivity (Wildman–Crippen MR) is 82.3 cm³/mol. The summed E-state index contributed by atoms with van der Waals surface area (Å²) in [6.45, 7) is 10.6. The third kappa shape index (κ3) is 4.37. The number of carbonyl (C=O) groups is 1. The van der Waals surface area contributed by atoms with E-state index in [1.807, 2.05) is 6.26 Å². The minimum atomic E-state index is -0.399. The van der Waals surface area contributed by atoms with Gasteiger partial charge in [0.25, 0.3) is 0 Å². The highest BCUT2D eigenvalue weighted by Crippen LogP contribution is 2.25. The van der Waals surface area contributed by atoms with E-state index in [-0.39, 0.29) is 11.5 Å². The largest absolute Gasteiger partial charge is 0.462 e. The number of hydrogen-bond donors (Lipinski definition) is 1. The lowest BCUT2D eigenvalue weighted by atomic mass is 9.88. The molecule has 0 radical (unpaired) electrons. The minimum Gasteiger partial charge on any atom is -0.462 e. The van der Waals surface area contributed by atoms with Crippen LogP contribution in [0, 0.1) is 5.41 Å². The monoisotopic (exact) mass is 297 g/mol. The van der Waals surface area contributed by atoms with Crippen LogP contribution >= 0.6 is 11.8 Å². The predicted octanol–water partition coefficient (Wildman–Crippen LogP) is 3.22. The van der Waals surface area contributed by atoms with Crippen molar-refractivity contribution in [2.24, 2.45) is 5.41 Å². The molecule has 1 aromatic rings. The van der Waals surface area contributed by atoms with Gasteiger partial charge >= 0.3 is 5.97 Å². The van der Waals surface area contributed by atoms with Crippen LogP contribution < -0.4 is 5.32 Å². The van der Waals surface area contributed by atoms with E-state index < -0.39 is 5.97 Å². The number of anilines is 1. The van der Waals surface area contributed by atoms with E-state index in [1.165, 1.54) is 18.0 Å². The second-order valence-electron chi connectivity index (χ2n) is 5.57. The molecule has 1 N–H and O–H groups in total. The lowest BCUT2D eigenvalue weighted by molar-refractivity contribution is 0.0526. The summed E-state index contributed by atoms with van der Waals surface area (Å²) in [5.41, 5.74) is 0.428. The van der Waals surface area contributed by atoms with Crippen molar-refractivity contribution in [2.45, 2.75) is 45.8 Å². The fourth-order valence-electron chi connectivity index (χ4n) is 1.35. The van der Waals surface area contributed by atoms with Gasteiger partial charge in [0.1, 0.15) is 11.4 Å². The van der Waals surface area contributed by atoms with Gasteiger partial charge in [0.2, 0.25) is 0 Å². The fourth-order valence-corrected chi connectivity index (χ4v) is 1.69. The zero-order valence-electron chi connectivity index (χ0n) is 13.0. The van der Waals surface area contributed by atoms with Crippen LogP contribution in [0.2, 0.25) is 0 Å². The maximum atomic E-state index is 11.9. The van der Waals surface area contributed by atoms with Crippen LogP contribution in [0.15, 0.2) is 11.4 Å².